The lowest BCUT2D eigenvalue weighted by Gasteiger charge is -2.19. The average Bonchev–Trinajstić information content (AvgIpc) is 2.58. The number of benzene rings is 2. The van der Waals surface area contributed by atoms with Crippen LogP contribution in [0.4, 0.5) is 22.0 Å². The number of alkyl halides is 3. The highest BCUT2D eigenvalue weighted by atomic mass is 19.4. The first-order chi connectivity index (χ1) is 12.8. The molecule has 0 aromatic heterocycles. The number of unbranched alkanes of at least 4 members (excludes halogenated alkanes) is 1. The van der Waals surface area contributed by atoms with E-state index in [2.05, 4.69) is 4.74 Å². The van der Waals surface area contributed by atoms with Crippen LogP contribution in [0.3, 0.4) is 0 Å². The van der Waals surface area contributed by atoms with Gasteiger partial charge >= 0.3 is 6.36 Å². The van der Waals surface area contributed by atoms with Crippen LogP contribution in [-0.2, 0) is 12.8 Å². The van der Waals surface area contributed by atoms with Crippen molar-refractivity contribution >= 4 is 11.6 Å². The predicted octanol–water partition coefficient (Wildman–Crippen LogP) is 6.69. The Morgan fingerprint density at radius 2 is 1.70 bits per heavy atom. The quantitative estimate of drug-likeness (QED) is 0.523. The molecular weight excluding hydrogens is 363 g/mol. The molecule has 0 saturated heterocycles. The highest BCUT2D eigenvalue weighted by Crippen LogP contribution is 2.35. The average molecular weight is 382 g/mol. The van der Waals surface area contributed by atoms with Crippen LogP contribution in [0.5, 0.6) is 5.75 Å². The summed E-state index contributed by atoms with van der Waals surface area (Å²) in [5, 5.41) is 0. The van der Waals surface area contributed by atoms with Crippen molar-refractivity contribution in [3.05, 3.63) is 64.2 Å². The van der Waals surface area contributed by atoms with E-state index >= 15 is 0 Å². The summed E-state index contributed by atoms with van der Waals surface area (Å²) in [7, 11) is 0. The van der Waals surface area contributed by atoms with Crippen molar-refractivity contribution in [2.75, 3.05) is 0 Å². The molecule has 2 aromatic carbocycles. The highest BCUT2D eigenvalue weighted by Gasteiger charge is 2.31. The topological polar surface area (TPSA) is 9.23 Å². The largest absolute Gasteiger partial charge is 0.573 e. The van der Waals surface area contributed by atoms with Gasteiger partial charge in [-0.05, 0) is 72.2 Å². The first-order valence-electron chi connectivity index (χ1n) is 8.84. The molecule has 0 bridgehead atoms. The number of hydrogen-bond donors (Lipinski definition) is 0. The monoisotopic (exact) mass is 382 g/mol. The summed E-state index contributed by atoms with van der Waals surface area (Å²) in [6, 6.07) is 6.72. The van der Waals surface area contributed by atoms with Gasteiger partial charge in [0.05, 0.1) is 0 Å². The third-order valence-corrected chi connectivity index (χ3v) is 4.58. The number of ether oxygens (including phenoxy) is 1. The first-order valence-corrected chi connectivity index (χ1v) is 8.84. The van der Waals surface area contributed by atoms with Crippen LogP contribution < -0.4 is 4.74 Å². The lowest BCUT2D eigenvalue weighted by molar-refractivity contribution is -0.274. The molecule has 6 heteroatoms. The Balaban J connectivity index is 1.90. The molecule has 0 N–H and O–H groups in total. The zero-order valence-electron chi connectivity index (χ0n) is 14.8. The molecule has 0 aliphatic heterocycles. The normalized spacial score (nSPS) is 13.9. The first kappa shape index (κ1) is 19.4. The standard InChI is InChI=1S/C21H19F5O/c1-2-3-4-13-9-18(22)20(19(23)10-13)16-6-5-15-12-17(27-21(24,25)26)8-7-14(15)11-16/h7-12H,2-6H2,1H3. The van der Waals surface area contributed by atoms with E-state index in [1.54, 1.807) is 6.08 Å². The number of allylic oxidation sites excluding steroid dienone is 1. The van der Waals surface area contributed by atoms with E-state index < -0.39 is 18.0 Å². The number of aryl methyl sites for hydroxylation is 2. The van der Waals surface area contributed by atoms with E-state index in [-0.39, 0.29) is 11.3 Å². The Bertz CT molecular complexity index is 844. The molecule has 0 saturated carbocycles. The fourth-order valence-corrected chi connectivity index (χ4v) is 3.32. The molecule has 3 rings (SSSR count). The summed E-state index contributed by atoms with van der Waals surface area (Å²) in [5.74, 6) is -1.50. The van der Waals surface area contributed by atoms with Gasteiger partial charge in [-0.1, -0.05) is 25.5 Å². The van der Waals surface area contributed by atoms with Crippen LogP contribution in [0.25, 0.3) is 11.6 Å². The number of fused-ring (bicyclic) bond motifs is 1. The van der Waals surface area contributed by atoms with Crippen LogP contribution in [-0.4, -0.2) is 6.36 Å². The Kier molecular flexibility index (Phi) is 5.53. The molecule has 1 nitrogen and oxygen atoms in total. The molecule has 2 aromatic rings. The van der Waals surface area contributed by atoms with Gasteiger partial charge in [-0.25, -0.2) is 8.78 Å². The van der Waals surface area contributed by atoms with Crippen LogP contribution in [0.15, 0.2) is 30.3 Å². The fraction of sp³-hybridized carbons (Fsp3) is 0.333. The van der Waals surface area contributed by atoms with Crippen LogP contribution in [0.2, 0.25) is 0 Å². The Hall–Kier alpha value is -2.37. The van der Waals surface area contributed by atoms with Crippen molar-refractivity contribution < 1.29 is 26.7 Å². The van der Waals surface area contributed by atoms with Gasteiger partial charge in [-0.15, -0.1) is 13.2 Å². The highest BCUT2D eigenvalue weighted by molar-refractivity contribution is 5.85. The second kappa shape index (κ2) is 7.71. The Labute approximate surface area is 154 Å². The molecule has 27 heavy (non-hydrogen) atoms. The molecule has 0 amide bonds. The molecule has 0 unspecified atom stereocenters. The van der Waals surface area contributed by atoms with Gasteiger partial charge in [0, 0.05) is 5.56 Å². The number of rotatable bonds is 5. The summed E-state index contributed by atoms with van der Waals surface area (Å²) >= 11 is 0. The molecule has 144 valence electrons. The smallest absolute Gasteiger partial charge is 0.406 e. The minimum Gasteiger partial charge on any atom is -0.406 e. The molecule has 0 spiro atoms. The van der Waals surface area contributed by atoms with E-state index in [1.165, 1.54) is 30.3 Å². The summed E-state index contributed by atoms with van der Waals surface area (Å²) in [6.07, 6.45) is 0.00841. The predicted molar refractivity (Wildman–Crippen MR) is 94.3 cm³/mol. The van der Waals surface area contributed by atoms with Crippen molar-refractivity contribution in [2.24, 2.45) is 0 Å². The van der Waals surface area contributed by atoms with Gasteiger partial charge < -0.3 is 4.74 Å². The van der Waals surface area contributed by atoms with Gasteiger partial charge in [0.25, 0.3) is 0 Å². The SMILES string of the molecule is CCCCc1cc(F)c(C2=Cc3ccc(OC(F)(F)F)cc3CC2)c(F)c1. The van der Waals surface area contributed by atoms with Gasteiger partial charge in [0.15, 0.2) is 0 Å². The lowest BCUT2D eigenvalue weighted by Crippen LogP contribution is -2.17. The number of halogens is 5. The maximum Gasteiger partial charge on any atom is 0.573 e. The molecule has 1 aliphatic rings. The van der Waals surface area contributed by atoms with E-state index in [9.17, 15) is 22.0 Å². The summed E-state index contributed by atoms with van der Waals surface area (Å²) < 4.78 is 70.0. The molecule has 0 fully saturated rings. The molecule has 1 aliphatic carbocycles. The van der Waals surface area contributed by atoms with E-state index in [4.69, 9.17) is 0 Å². The minimum absolute atomic E-state index is 0.0588. The van der Waals surface area contributed by atoms with Crippen molar-refractivity contribution in [3.8, 4) is 5.75 Å². The summed E-state index contributed by atoms with van der Waals surface area (Å²) in [6.45, 7) is 2.01. The lowest BCUT2D eigenvalue weighted by atomic mass is 9.87. The second-order valence-electron chi connectivity index (χ2n) is 6.62. The third-order valence-electron chi connectivity index (χ3n) is 4.58. The van der Waals surface area contributed by atoms with E-state index in [1.807, 2.05) is 6.92 Å². The second-order valence-corrected chi connectivity index (χ2v) is 6.62. The minimum atomic E-state index is -4.75. The van der Waals surface area contributed by atoms with Gasteiger partial charge in [-0.3, -0.25) is 0 Å². The van der Waals surface area contributed by atoms with E-state index in [0.717, 1.165) is 12.8 Å². The Morgan fingerprint density at radius 3 is 2.33 bits per heavy atom. The van der Waals surface area contributed by atoms with Crippen molar-refractivity contribution in [1.29, 1.82) is 0 Å². The summed E-state index contributed by atoms with van der Waals surface area (Å²) in [4.78, 5) is 0. The zero-order valence-corrected chi connectivity index (χ0v) is 14.8. The van der Waals surface area contributed by atoms with Gasteiger partial charge in [0.2, 0.25) is 0 Å². The van der Waals surface area contributed by atoms with Crippen LogP contribution in [0, 0.1) is 11.6 Å². The van der Waals surface area contributed by atoms with Crippen molar-refractivity contribution in [2.45, 2.75) is 45.4 Å². The van der Waals surface area contributed by atoms with Crippen LogP contribution in [0.1, 0.15) is 48.4 Å². The van der Waals surface area contributed by atoms with Gasteiger partial charge in [0.1, 0.15) is 17.4 Å². The number of hydrogen-bond acceptors (Lipinski definition) is 1. The molecular formula is C21H19F5O. The van der Waals surface area contributed by atoms with E-state index in [0.29, 0.717) is 41.5 Å². The summed E-state index contributed by atoms with van der Waals surface area (Å²) in [5.41, 5.74) is 2.36. The fourth-order valence-electron chi connectivity index (χ4n) is 3.32. The van der Waals surface area contributed by atoms with Gasteiger partial charge in [-0.2, -0.15) is 0 Å². The molecule has 0 radical (unpaired) electrons. The Morgan fingerprint density at radius 1 is 1.00 bits per heavy atom. The zero-order chi connectivity index (χ0) is 19.6. The van der Waals surface area contributed by atoms with Crippen LogP contribution >= 0.6 is 0 Å². The van der Waals surface area contributed by atoms with Crippen molar-refractivity contribution in [1.82, 2.24) is 0 Å². The molecule has 0 atom stereocenters. The maximum atomic E-state index is 14.5. The van der Waals surface area contributed by atoms with Crippen molar-refractivity contribution in [3.63, 3.8) is 0 Å². The third kappa shape index (κ3) is 4.67. The molecule has 0 heterocycles. The maximum absolute atomic E-state index is 14.5.